The van der Waals surface area contributed by atoms with Crippen LogP contribution in [-0.4, -0.2) is 37.2 Å². The molecule has 73 heavy (non-hydrogen) atoms. The summed E-state index contributed by atoms with van der Waals surface area (Å²) in [6.07, 6.45) is 83.3. The van der Waals surface area contributed by atoms with Gasteiger partial charge in [-0.25, -0.2) is 0 Å². The molecule has 0 aromatic rings. The minimum absolute atomic E-state index is 0.0959. The zero-order chi connectivity index (χ0) is 52.9. The predicted molar refractivity (Wildman–Crippen MR) is 316 cm³/mol. The Kier molecular flexibility index (Phi) is 56.9. The van der Waals surface area contributed by atoms with Gasteiger partial charge < -0.3 is 14.2 Å². The summed E-state index contributed by atoms with van der Waals surface area (Å²) in [6, 6.07) is 0. The quantitative estimate of drug-likeness (QED) is 0.0261. The van der Waals surface area contributed by atoms with Crippen molar-refractivity contribution in [1.82, 2.24) is 0 Å². The summed E-state index contributed by atoms with van der Waals surface area (Å²) in [7, 11) is 0. The highest BCUT2D eigenvalue weighted by Crippen LogP contribution is 2.14. The monoisotopic (exact) mass is 1010 g/mol. The Morgan fingerprint density at radius 2 is 0.562 bits per heavy atom. The van der Waals surface area contributed by atoms with Gasteiger partial charge in [0.05, 0.1) is 0 Å². The van der Waals surface area contributed by atoms with Gasteiger partial charge in [0.2, 0.25) is 0 Å². The molecule has 0 amide bonds. The normalized spacial score (nSPS) is 13.0. The van der Waals surface area contributed by atoms with Crippen molar-refractivity contribution in [2.24, 2.45) is 0 Å². The van der Waals surface area contributed by atoms with Crippen molar-refractivity contribution >= 4 is 17.9 Å². The van der Waals surface area contributed by atoms with E-state index in [1.807, 2.05) is 0 Å². The maximum Gasteiger partial charge on any atom is 0.306 e. The maximum absolute atomic E-state index is 12.9. The average molecular weight is 1010 g/mol. The first kappa shape index (κ1) is 68.8. The Morgan fingerprint density at radius 3 is 0.890 bits per heavy atom. The van der Waals surface area contributed by atoms with Gasteiger partial charge >= 0.3 is 17.9 Å². The minimum Gasteiger partial charge on any atom is -0.462 e. The van der Waals surface area contributed by atoms with Crippen molar-refractivity contribution < 1.29 is 28.6 Å². The molecule has 1 unspecified atom stereocenters. The molecular formula is C67H110O6. The van der Waals surface area contributed by atoms with Crippen LogP contribution in [0.2, 0.25) is 0 Å². The zero-order valence-corrected chi connectivity index (χ0v) is 47.4. The predicted octanol–water partition coefficient (Wildman–Crippen LogP) is 20.4. The molecule has 0 N–H and O–H groups in total. The highest BCUT2D eigenvalue weighted by atomic mass is 16.6. The van der Waals surface area contributed by atoms with Gasteiger partial charge in [-0.15, -0.1) is 0 Å². The molecule has 0 aliphatic carbocycles. The molecule has 0 fully saturated rings. The van der Waals surface area contributed by atoms with Crippen LogP contribution in [0.1, 0.15) is 265 Å². The highest BCUT2D eigenvalue weighted by Gasteiger charge is 2.19. The summed E-state index contributed by atoms with van der Waals surface area (Å²) >= 11 is 0. The van der Waals surface area contributed by atoms with Gasteiger partial charge in [-0.2, -0.15) is 0 Å². The summed E-state index contributed by atoms with van der Waals surface area (Å²) in [5.74, 6) is -0.931. The van der Waals surface area contributed by atoms with Crippen LogP contribution < -0.4 is 0 Å². The fourth-order valence-corrected chi connectivity index (χ4v) is 7.92. The third-order valence-corrected chi connectivity index (χ3v) is 12.4. The van der Waals surface area contributed by atoms with E-state index in [0.29, 0.717) is 19.3 Å². The number of carbonyl (C=O) groups is 3. The van der Waals surface area contributed by atoms with Crippen LogP contribution in [0, 0.1) is 0 Å². The van der Waals surface area contributed by atoms with Gasteiger partial charge in [0.15, 0.2) is 6.10 Å². The van der Waals surface area contributed by atoms with Crippen LogP contribution in [0.4, 0.5) is 0 Å². The minimum atomic E-state index is -0.799. The van der Waals surface area contributed by atoms with E-state index in [1.54, 1.807) is 0 Å². The first-order valence-electron chi connectivity index (χ1n) is 30.0. The maximum atomic E-state index is 12.9. The fraction of sp³-hybridized carbons (Fsp3) is 0.657. The van der Waals surface area contributed by atoms with Gasteiger partial charge in [-0.05, 0) is 128 Å². The molecule has 0 rings (SSSR count). The van der Waals surface area contributed by atoms with Gasteiger partial charge in [-0.3, -0.25) is 14.4 Å². The second kappa shape index (κ2) is 60.4. The second-order valence-electron chi connectivity index (χ2n) is 19.5. The van der Waals surface area contributed by atoms with Crippen LogP contribution in [0.15, 0.2) is 122 Å². The van der Waals surface area contributed by atoms with Crippen molar-refractivity contribution in [3.8, 4) is 0 Å². The highest BCUT2D eigenvalue weighted by molar-refractivity contribution is 5.71. The van der Waals surface area contributed by atoms with Gasteiger partial charge in [-0.1, -0.05) is 239 Å². The standard InChI is InChI=1S/C67H110O6/c1-4-7-10-13-16-19-22-25-27-29-30-31-32-33-34-35-36-38-39-42-45-48-51-54-57-60-66(69)72-63-64(62-71-65(68)59-56-53-50-47-44-41-24-21-18-15-12-9-6-3)73-67(70)61-58-55-52-49-46-43-40-37-28-26-23-20-17-14-11-8-5-2/h7,10,12,15-17,19-21,24-28,30-31,33-34,36,38,64H,4-6,8-9,11,13-14,18,22-23,29,32,35,37,39-63H2,1-3H3/b10-7-,15-12-,19-16-,20-17-,24-21-,27-25-,28-26-,31-30-,34-33-,38-36-. The van der Waals surface area contributed by atoms with Crippen molar-refractivity contribution in [1.29, 1.82) is 0 Å². The number of hydrogen-bond donors (Lipinski definition) is 0. The molecule has 6 nitrogen and oxygen atoms in total. The second-order valence-corrected chi connectivity index (χ2v) is 19.5. The molecule has 0 aliphatic heterocycles. The molecule has 0 bridgehead atoms. The Bertz CT molecular complexity index is 1540. The third-order valence-electron chi connectivity index (χ3n) is 12.4. The molecule has 0 aliphatic rings. The lowest BCUT2D eigenvalue weighted by atomic mass is 10.1. The molecule has 0 aromatic heterocycles. The van der Waals surface area contributed by atoms with E-state index in [9.17, 15) is 14.4 Å². The van der Waals surface area contributed by atoms with E-state index >= 15 is 0 Å². The third kappa shape index (κ3) is 58.6. The lowest BCUT2D eigenvalue weighted by molar-refractivity contribution is -0.167. The summed E-state index contributed by atoms with van der Waals surface area (Å²) in [4.78, 5) is 38.2. The van der Waals surface area contributed by atoms with Gasteiger partial charge in [0, 0.05) is 19.3 Å². The van der Waals surface area contributed by atoms with Gasteiger partial charge in [0.25, 0.3) is 0 Å². The summed E-state index contributed by atoms with van der Waals surface area (Å²) in [5, 5.41) is 0. The summed E-state index contributed by atoms with van der Waals surface area (Å²) in [5.41, 5.74) is 0. The van der Waals surface area contributed by atoms with E-state index in [1.165, 1.54) is 70.6 Å². The number of esters is 3. The largest absolute Gasteiger partial charge is 0.462 e. The molecule has 0 saturated heterocycles. The van der Waals surface area contributed by atoms with Crippen LogP contribution in [0.3, 0.4) is 0 Å². The summed E-state index contributed by atoms with van der Waals surface area (Å²) in [6.45, 7) is 6.41. The Balaban J connectivity index is 4.41. The molecule has 0 radical (unpaired) electrons. The molecule has 0 spiro atoms. The Labute approximate surface area is 450 Å². The van der Waals surface area contributed by atoms with Crippen LogP contribution in [-0.2, 0) is 28.6 Å². The SMILES string of the molecule is CC/C=C\C/C=C\C/C=C\C/C=C\C/C=C\C/C=C\CCCCCCCCC(=O)OCC(COC(=O)CCCCCCC/C=C\C/C=C\CCC)OC(=O)CCCCCCCCC/C=C\C/C=C\CCCCC. The first-order chi connectivity index (χ1) is 36.0. The van der Waals surface area contributed by atoms with Crippen LogP contribution >= 0.6 is 0 Å². The van der Waals surface area contributed by atoms with E-state index in [0.717, 1.165) is 154 Å². The van der Waals surface area contributed by atoms with E-state index in [-0.39, 0.29) is 31.1 Å². The lowest BCUT2D eigenvalue weighted by Crippen LogP contribution is -2.30. The van der Waals surface area contributed by atoms with E-state index in [4.69, 9.17) is 14.2 Å². The average Bonchev–Trinajstić information content (AvgIpc) is 3.39. The molecule has 414 valence electrons. The fourth-order valence-electron chi connectivity index (χ4n) is 7.92. The molecule has 0 aromatic carbocycles. The van der Waals surface area contributed by atoms with Crippen molar-refractivity contribution in [2.45, 2.75) is 271 Å². The Hall–Kier alpha value is -4.19. The molecule has 0 heterocycles. The zero-order valence-electron chi connectivity index (χ0n) is 47.4. The lowest BCUT2D eigenvalue weighted by Gasteiger charge is -2.18. The topological polar surface area (TPSA) is 78.9 Å². The number of unbranched alkanes of at least 4 members (excludes halogenated alkanes) is 22. The van der Waals surface area contributed by atoms with E-state index < -0.39 is 6.10 Å². The van der Waals surface area contributed by atoms with E-state index in [2.05, 4.69) is 142 Å². The number of carbonyl (C=O) groups excluding carboxylic acids is 3. The van der Waals surface area contributed by atoms with Crippen molar-refractivity contribution in [3.63, 3.8) is 0 Å². The number of ether oxygens (including phenoxy) is 3. The molecule has 0 saturated carbocycles. The molecule has 6 heteroatoms. The number of hydrogen-bond acceptors (Lipinski definition) is 6. The smallest absolute Gasteiger partial charge is 0.306 e. The molecule has 1 atom stereocenters. The van der Waals surface area contributed by atoms with Crippen molar-refractivity contribution in [3.05, 3.63) is 122 Å². The summed E-state index contributed by atoms with van der Waals surface area (Å²) < 4.78 is 16.9. The van der Waals surface area contributed by atoms with Crippen LogP contribution in [0.5, 0.6) is 0 Å². The number of rotatable bonds is 53. The van der Waals surface area contributed by atoms with Gasteiger partial charge in [0.1, 0.15) is 13.2 Å². The van der Waals surface area contributed by atoms with Crippen LogP contribution in [0.25, 0.3) is 0 Å². The number of allylic oxidation sites excluding steroid dienone is 20. The first-order valence-corrected chi connectivity index (χ1v) is 30.0. The van der Waals surface area contributed by atoms with Crippen molar-refractivity contribution in [2.75, 3.05) is 13.2 Å². The Morgan fingerprint density at radius 1 is 0.288 bits per heavy atom. The molecular weight excluding hydrogens is 901 g/mol.